The predicted molar refractivity (Wildman–Crippen MR) is 60.1 cm³/mol. The zero-order chi connectivity index (χ0) is 12.5. The fourth-order valence-electron chi connectivity index (χ4n) is 1.21. The molecule has 0 atom stereocenters. The summed E-state index contributed by atoms with van der Waals surface area (Å²) < 4.78 is 4.61. The third-order valence-electron chi connectivity index (χ3n) is 2.01. The van der Waals surface area contributed by atoms with Gasteiger partial charge in [0.1, 0.15) is 6.07 Å². The van der Waals surface area contributed by atoms with Crippen LogP contribution in [-0.4, -0.2) is 12.6 Å². The summed E-state index contributed by atoms with van der Waals surface area (Å²) in [5.74, 6) is -0.398. The molecule has 6 nitrogen and oxygen atoms in total. The van der Waals surface area contributed by atoms with Crippen molar-refractivity contribution in [2.24, 2.45) is 5.11 Å². The highest BCUT2D eigenvalue weighted by Gasteiger charge is 2.03. The first-order valence-corrected chi connectivity index (χ1v) is 4.93. The molecule has 1 aromatic rings. The molecule has 0 aliphatic carbocycles. The van der Waals surface area contributed by atoms with Gasteiger partial charge >= 0.3 is 5.97 Å². The van der Waals surface area contributed by atoms with Gasteiger partial charge in [0.05, 0.1) is 0 Å². The number of hydrogen-bond acceptors (Lipinski definition) is 4. The van der Waals surface area contributed by atoms with Crippen molar-refractivity contribution >= 4 is 11.7 Å². The average molecular weight is 230 g/mol. The molecular weight excluding hydrogens is 220 g/mol. The van der Waals surface area contributed by atoms with Crippen LogP contribution >= 0.6 is 0 Å². The minimum atomic E-state index is -0.398. The summed E-state index contributed by atoms with van der Waals surface area (Å²) >= 11 is 0. The molecule has 1 aromatic carbocycles. The molecule has 0 saturated heterocycles. The summed E-state index contributed by atoms with van der Waals surface area (Å²) in [6.45, 7) is -0.214. The minimum absolute atomic E-state index is 0.214. The number of esters is 1. The van der Waals surface area contributed by atoms with Crippen LogP contribution in [0.15, 0.2) is 29.4 Å². The topological polar surface area (TPSA) is 98.8 Å². The van der Waals surface area contributed by atoms with E-state index < -0.39 is 5.97 Å². The van der Waals surface area contributed by atoms with E-state index in [0.717, 1.165) is 5.56 Å². The largest absolute Gasteiger partial charge is 0.450 e. The van der Waals surface area contributed by atoms with E-state index in [1.165, 1.54) is 0 Å². The number of rotatable bonds is 5. The highest BCUT2D eigenvalue weighted by atomic mass is 16.5. The highest BCUT2D eigenvalue weighted by molar-refractivity contribution is 5.69. The number of carbonyl (C=O) groups excluding carboxylic acids is 1. The molecule has 1 rings (SSSR count). The Hall–Kier alpha value is -2.51. The third kappa shape index (κ3) is 4.69. The van der Waals surface area contributed by atoms with Crippen molar-refractivity contribution in [1.29, 1.82) is 5.26 Å². The van der Waals surface area contributed by atoms with Crippen molar-refractivity contribution in [1.82, 2.24) is 0 Å². The number of hydrogen-bond donors (Lipinski definition) is 0. The van der Waals surface area contributed by atoms with E-state index in [1.54, 1.807) is 30.3 Å². The molecule has 0 N–H and O–H groups in total. The lowest BCUT2D eigenvalue weighted by Crippen LogP contribution is -2.05. The molecule has 0 saturated carbocycles. The van der Waals surface area contributed by atoms with E-state index in [1.807, 2.05) is 0 Å². The molecule has 0 aromatic heterocycles. The Bertz CT molecular complexity index is 469. The predicted octanol–water partition coefficient (Wildman–Crippen LogP) is 2.63. The monoisotopic (exact) mass is 230 g/mol. The van der Waals surface area contributed by atoms with E-state index in [9.17, 15) is 4.79 Å². The average Bonchev–Trinajstić information content (AvgIpc) is 2.36. The van der Waals surface area contributed by atoms with Crippen molar-refractivity contribution in [2.45, 2.75) is 12.8 Å². The molecule has 86 valence electrons. The van der Waals surface area contributed by atoms with Gasteiger partial charge in [-0.15, -0.1) is 0 Å². The Labute approximate surface area is 98.1 Å². The number of azide groups is 1. The first-order valence-electron chi connectivity index (χ1n) is 4.93. The molecular formula is C11H10N4O2. The first kappa shape index (κ1) is 12.6. The number of aryl methyl sites for hydroxylation is 1. The summed E-state index contributed by atoms with van der Waals surface area (Å²) in [5, 5.41) is 11.7. The van der Waals surface area contributed by atoms with Gasteiger partial charge in [-0.2, -0.15) is 5.26 Å². The number of nitrogens with zero attached hydrogens (tertiary/aromatic N) is 4. The van der Waals surface area contributed by atoms with Crippen LogP contribution in [0.5, 0.6) is 0 Å². The lowest BCUT2D eigenvalue weighted by Gasteiger charge is -2.01. The van der Waals surface area contributed by atoms with Gasteiger partial charge in [-0.25, -0.2) is 0 Å². The van der Waals surface area contributed by atoms with Gasteiger partial charge < -0.3 is 4.74 Å². The Morgan fingerprint density at radius 3 is 2.76 bits per heavy atom. The Balaban J connectivity index is 2.44. The molecule has 0 radical (unpaired) electrons. The fraction of sp³-hybridized carbons (Fsp3) is 0.273. The Morgan fingerprint density at radius 2 is 2.18 bits per heavy atom. The minimum Gasteiger partial charge on any atom is -0.450 e. The van der Waals surface area contributed by atoms with Gasteiger partial charge in [0.2, 0.25) is 0 Å². The maximum absolute atomic E-state index is 11.1. The molecule has 6 heteroatoms. The quantitative estimate of drug-likeness (QED) is 0.336. The van der Waals surface area contributed by atoms with Crippen LogP contribution in [0.2, 0.25) is 0 Å². The zero-order valence-electron chi connectivity index (χ0n) is 9.04. The number of nitriles is 1. The molecule has 0 heterocycles. The van der Waals surface area contributed by atoms with E-state index in [2.05, 4.69) is 14.8 Å². The van der Waals surface area contributed by atoms with Crippen LogP contribution in [0.3, 0.4) is 0 Å². The van der Waals surface area contributed by atoms with Crippen molar-refractivity contribution in [3.05, 3.63) is 40.3 Å². The lowest BCUT2D eigenvalue weighted by molar-refractivity contribution is -0.142. The van der Waals surface area contributed by atoms with Gasteiger partial charge in [-0.3, -0.25) is 4.79 Å². The summed E-state index contributed by atoms with van der Waals surface area (Å²) in [4.78, 5) is 13.8. The SMILES string of the molecule is N#CCOC(=O)CCc1ccc(N=[N+]=[N-])cc1. The maximum Gasteiger partial charge on any atom is 0.307 e. The summed E-state index contributed by atoms with van der Waals surface area (Å²) in [7, 11) is 0. The van der Waals surface area contributed by atoms with Crippen molar-refractivity contribution < 1.29 is 9.53 Å². The molecule has 0 amide bonds. The van der Waals surface area contributed by atoms with Gasteiger partial charge in [-0.05, 0) is 17.5 Å². The van der Waals surface area contributed by atoms with Crippen molar-refractivity contribution in [3.8, 4) is 6.07 Å². The van der Waals surface area contributed by atoms with Crippen LogP contribution in [-0.2, 0) is 16.0 Å². The molecule has 0 fully saturated rings. The van der Waals surface area contributed by atoms with E-state index in [-0.39, 0.29) is 13.0 Å². The zero-order valence-corrected chi connectivity index (χ0v) is 9.04. The number of benzene rings is 1. The Kier molecular flexibility index (Phi) is 5.08. The molecule has 0 unspecified atom stereocenters. The third-order valence-corrected chi connectivity index (χ3v) is 2.01. The molecule has 0 bridgehead atoms. The summed E-state index contributed by atoms with van der Waals surface area (Å²) in [6.07, 6.45) is 0.753. The summed E-state index contributed by atoms with van der Waals surface area (Å²) in [5.41, 5.74) is 9.69. The number of carbonyl (C=O) groups is 1. The standard InChI is InChI=1S/C11H10N4O2/c12-7-8-17-11(16)6-3-9-1-4-10(5-2-9)14-15-13/h1-2,4-5H,3,6,8H2. The highest BCUT2D eigenvalue weighted by Crippen LogP contribution is 2.14. The lowest BCUT2D eigenvalue weighted by atomic mass is 10.1. The first-order chi connectivity index (χ1) is 8.26. The van der Waals surface area contributed by atoms with Crippen molar-refractivity contribution in [2.75, 3.05) is 6.61 Å². The van der Waals surface area contributed by atoms with Crippen LogP contribution in [0, 0.1) is 11.3 Å². The van der Waals surface area contributed by atoms with Gasteiger partial charge in [-0.1, -0.05) is 29.4 Å². The Morgan fingerprint density at radius 1 is 1.47 bits per heavy atom. The molecule has 0 spiro atoms. The molecule has 0 aliphatic heterocycles. The molecule has 17 heavy (non-hydrogen) atoms. The number of ether oxygens (including phenoxy) is 1. The summed E-state index contributed by atoms with van der Waals surface area (Å²) in [6, 6.07) is 8.64. The maximum atomic E-state index is 11.1. The fourth-order valence-corrected chi connectivity index (χ4v) is 1.21. The van der Waals surface area contributed by atoms with Crippen molar-refractivity contribution in [3.63, 3.8) is 0 Å². The van der Waals surface area contributed by atoms with Gasteiger partial charge in [0.15, 0.2) is 6.61 Å². The second kappa shape index (κ2) is 6.88. The van der Waals surface area contributed by atoms with Gasteiger partial charge in [0.25, 0.3) is 0 Å². The second-order valence-electron chi connectivity index (χ2n) is 3.17. The van der Waals surface area contributed by atoms with Crippen LogP contribution in [0.4, 0.5) is 5.69 Å². The van der Waals surface area contributed by atoms with Crippen LogP contribution in [0.1, 0.15) is 12.0 Å². The smallest absolute Gasteiger partial charge is 0.307 e. The molecule has 0 aliphatic rings. The van der Waals surface area contributed by atoms with Gasteiger partial charge in [0, 0.05) is 17.0 Å². The van der Waals surface area contributed by atoms with E-state index in [0.29, 0.717) is 12.1 Å². The van der Waals surface area contributed by atoms with E-state index >= 15 is 0 Å². The normalized spacial score (nSPS) is 8.88. The second-order valence-corrected chi connectivity index (χ2v) is 3.17. The van der Waals surface area contributed by atoms with Crippen LogP contribution in [0.25, 0.3) is 10.4 Å². The van der Waals surface area contributed by atoms with Crippen LogP contribution < -0.4 is 0 Å². The van der Waals surface area contributed by atoms with E-state index in [4.69, 9.17) is 10.8 Å².